The fourth-order valence-corrected chi connectivity index (χ4v) is 3.18. The summed E-state index contributed by atoms with van der Waals surface area (Å²) >= 11 is 0. The summed E-state index contributed by atoms with van der Waals surface area (Å²) in [5.74, 6) is 1.75. The molecule has 0 aliphatic rings. The Kier molecular flexibility index (Phi) is 6.24. The van der Waals surface area contributed by atoms with Gasteiger partial charge in [-0.3, -0.25) is 4.79 Å². The highest BCUT2D eigenvalue weighted by molar-refractivity contribution is 6.01. The van der Waals surface area contributed by atoms with E-state index >= 15 is 0 Å². The number of benzene rings is 3. The number of carbonyl (C=O) groups excluding carboxylic acids is 1. The SMILES string of the molecule is Cc1cccc(Cn2cnc(NC(=O)/C=C/c3cccc(Oc4ccccc4)c3)c2)c1. The smallest absolute Gasteiger partial charge is 0.249 e. The number of nitrogens with zero attached hydrogens (tertiary/aromatic N) is 2. The summed E-state index contributed by atoms with van der Waals surface area (Å²) in [5, 5.41) is 2.80. The number of rotatable bonds is 7. The topological polar surface area (TPSA) is 56.2 Å². The molecule has 1 amide bonds. The predicted molar refractivity (Wildman–Crippen MR) is 123 cm³/mol. The maximum Gasteiger partial charge on any atom is 0.249 e. The molecule has 3 aromatic carbocycles. The minimum atomic E-state index is -0.241. The third-order valence-electron chi connectivity index (χ3n) is 4.60. The highest BCUT2D eigenvalue weighted by Gasteiger charge is 2.04. The van der Waals surface area contributed by atoms with Crippen LogP contribution in [0.1, 0.15) is 16.7 Å². The van der Waals surface area contributed by atoms with Gasteiger partial charge in [0, 0.05) is 18.8 Å². The highest BCUT2D eigenvalue weighted by atomic mass is 16.5. The number of carbonyl (C=O) groups is 1. The number of imidazole rings is 1. The molecule has 0 aliphatic carbocycles. The van der Waals surface area contributed by atoms with Crippen molar-refractivity contribution in [1.29, 1.82) is 0 Å². The zero-order chi connectivity index (χ0) is 21.5. The summed E-state index contributed by atoms with van der Waals surface area (Å²) in [5.41, 5.74) is 3.27. The second kappa shape index (κ2) is 9.59. The molecule has 0 spiro atoms. The zero-order valence-corrected chi connectivity index (χ0v) is 17.2. The fourth-order valence-electron chi connectivity index (χ4n) is 3.18. The molecule has 0 saturated heterocycles. The van der Waals surface area contributed by atoms with Crippen molar-refractivity contribution in [1.82, 2.24) is 9.55 Å². The van der Waals surface area contributed by atoms with E-state index < -0.39 is 0 Å². The van der Waals surface area contributed by atoms with E-state index in [1.54, 1.807) is 12.4 Å². The van der Waals surface area contributed by atoms with Gasteiger partial charge in [-0.1, -0.05) is 60.2 Å². The maximum absolute atomic E-state index is 12.3. The average Bonchev–Trinajstić information content (AvgIpc) is 3.20. The lowest BCUT2D eigenvalue weighted by Gasteiger charge is -2.06. The van der Waals surface area contributed by atoms with E-state index in [0.29, 0.717) is 18.1 Å². The van der Waals surface area contributed by atoms with E-state index in [1.807, 2.05) is 71.4 Å². The third-order valence-corrected chi connectivity index (χ3v) is 4.60. The van der Waals surface area contributed by atoms with Crippen molar-refractivity contribution in [3.05, 3.63) is 114 Å². The lowest BCUT2D eigenvalue weighted by Crippen LogP contribution is -2.08. The molecule has 154 valence electrons. The van der Waals surface area contributed by atoms with Crippen molar-refractivity contribution in [2.45, 2.75) is 13.5 Å². The number of para-hydroxylation sites is 1. The summed E-state index contributed by atoms with van der Waals surface area (Å²) in [6.07, 6.45) is 6.77. The van der Waals surface area contributed by atoms with Crippen LogP contribution in [0.15, 0.2) is 97.5 Å². The van der Waals surface area contributed by atoms with Gasteiger partial charge in [-0.2, -0.15) is 0 Å². The van der Waals surface area contributed by atoms with Crippen LogP contribution in [0.2, 0.25) is 0 Å². The summed E-state index contributed by atoms with van der Waals surface area (Å²) < 4.78 is 7.78. The number of aromatic nitrogens is 2. The standard InChI is InChI=1S/C26H23N3O2/c1-20-7-5-9-22(15-20)17-29-18-25(27-19-29)28-26(30)14-13-21-8-6-12-24(16-21)31-23-10-3-2-4-11-23/h2-16,18-19H,17H2,1H3,(H,28,30)/b14-13+. The minimum absolute atomic E-state index is 0.241. The van der Waals surface area contributed by atoms with Crippen molar-refractivity contribution in [2.75, 3.05) is 5.32 Å². The minimum Gasteiger partial charge on any atom is -0.457 e. The van der Waals surface area contributed by atoms with Gasteiger partial charge in [0.2, 0.25) is 5.91 Å². The Labute approximate surface area is 181 Å². The highest BCUT2D eigenvalue weighted by Crippen LogP contribution is 2.22. The molecule has 0 radical (unpaired) electrons. The van der Waals surface area contributed by atoms with E-state index in [2.05, 4.69) is 35.4 Å². The van der Waals surface area contributed by atoms with Gasteiger partial charge >= 0.3 is 0 Å². The number of nitrogens with one attached hydrogen (secondary N) is 1. The monoisotopic (exact) mass is 409 g/mol. The van der Waals surface area contributed by atoms with Crippen molar-refractivity contribution in [2.24, 2.45) is 0 Å². The number of aryl methyl sites for hydroxylation is 1. The molecule has 0 aliphatic heterocycles. The van der Waals surface area contributed by atoms with Gasteiger partial charge in [0.1, 0.15) is 11.5 Å². The molecule has 1 N–H and O–H groups in total. The third kappa shape index (κ3) is 5.93. The number of ether oxygens (including phenoxy) is 1. The number of amides is 1. The molecule has 4 rings (SSSR count). The molecular formula is C26H23N3O2. The molecule has 0 unspecified atom stereocenters. The quantitative estimate of drug-likeness (QED) is 0.399. The molecule has 0 atom stereocenters. The summed E-state index contributed by atoms with van der Waals surface area (Å²) in [7, 11) is 0. The first-order chi connectivity index (χ1) is 15.1. The van der Waals surface area contributed by atoms with Crippen LogP contribution in [0, 0.1) is 6.92 Å². The number of hydrogen-bond donors (Lipinski definition) is 1. The van der Waals surface area contributed by atoms with Crippen molar-refractivity contribution in [3.63, 3.8) is 0 Å². The van der Waals surface area contributed by atoms with Crippen LogP contribution in [0.4, 0.5) is 5.82 Å². The van der Waals surface area contributed by atoms with Gasteiger partial charge in [-0.15, -0.1) is 0 Å². The Bertz CT molecular complexity index is 1200. The van der Waals surface area contributed by atoms with Gasteiger partial charge in [0.05, 0.1) is 6.33 Å². The van der Waals surface area contributed by atoms with Gasteiger partial charge in [0.25, 0.3) is 0 Å². The average molecular weight is 409 g/mol. The normalized spacial score (nSPS) is 10.9. The Hall–Kier alpha value is -4.12. The van der Waals surface area contributed by atoms with Crippen LogP contribution < -0.4 is 10.1 Å². The fraction of sp³-hybridized carbons (Fsp3) is 0.0769. The van der Waals surface area contributed by atoms with Crippen LogP contribution in [0.3, 0.4) is 0 Å². The molecular weight excluding hydrogens is 386 g/mol. The number of anilines is 1. The Balaban J connectivity index is 1.35. The molecule has 0 bridgehead atoms. The van der Waals surface area contributed by atoms with Gasteiger partial charge < -0.3 is 14.6 Å². The van der Waals surface area contributed by atoms with Crippen molar-refractivity contribution >= 4 is 17.8 Å². The summed E-state index contributed by atoms with van der Waals surface area (Å²) in [6.45, 7) is 2.77. The molecule has 4 aromatic rings. The maximum atomic E-state index is 12.3. The molecule has 5 nitrogen and oxygen atoms in total. The summed E-state index contributed by atoms with van der Waals surface area (Å²) in [4.78, 5) is 16.6. The van der Waals surface area contributed by atoms with E-state index in [9.17, 15) is 4.79 Å². The Morgan fingerprint density at radius 2 is 1.81 bits per heavy atom. The van der Waals surface area contributed by atoms with Gasteiger partial charge in [0.15, 0.2) is 5.82 Å². The van der Waals surface area contributed by atoms with Gasteiger partial charge in [-0.25, -0.2) is 4.98 Å². The Morgan fingerprint density at radius 3 is 2.65 bits per heavy atom. The van der Waals surface area contributed by atoms with Crippen molar-refractivity contribution < 1.29 is 9.53 Å². The molecule has 5 heteroatoms. The zero-order valence-electron chi connectivity index (χ0n) is 17.2. The van der Waals surface area contributed by atoms with E-state index in [1.165, 1.54) is 17.2 Å². The van der Waals surface area contributed by atoms with Crippen LogP contribution in [-0.4, -0.2) is 15.5 Å². The molecule has 0 fully saturated rings. The van der Waals surface area contributed by atoms with E-state index in [-0.39, 0.29) is 5.91 Å². The summed E-state index contributed by atoms with van der Waals surface area (Å²) in [6, 6.07) is 25.5. The first-order valence-electron chi connectivity index (χ1n) is 10.0. The van der Waals surface area contributed by atoms with Gasteiger partial charge in [-0.05, 0) is 48.4 Å². The lowest BCUT2D eigenvalue weighted by atomic mass is 10.1. The first kappa shape index (κ1) is 20.2. The van der Waals surface area contributed by atoms with Crippen LogP contribution in [-0.2, 0) is 11.3 Å². The molecule has 0 saturated carbocycles. The predicted octanol–water partition coefficient (Wildman–Crippen LogP) is 5.68. The van der Waals surface area contributed by atoms with E-state index in [4.69, 9.17) is 4.74 Å². The second-order valence-corrected chi connectivity index (χ2v) is 7.23. The molecule has 1 aromatic heterocycles. The molecule has 1 heterocycles. The van der Waals surface area contributed by atoms with Crippen LogP contribution >= 0.6 is 0 Å². The lowest BCUT2D eigenvalue weighted by molar-refractivity contribution is -0.111. The molecule has 31 heavy (non-hydrogen) atoms. The van der Waals surface area contributed by atoms with Crippen LogP contribution in [0.5, 0.6) is 11.5 Å². The van der Waals surface area contributed by atoms with E-state index in [0.717, 1.165) is 11.3 Å². The Morgan fingerprint density at radius 1 is 1.00 bits per heavy atom. The second-order valence-electron chi connectivity index (χ2n) is 7.23. The first-order valence-corrected chi connectivity index (χ1v) is 10.0. The largest absolute Gasteiger partial charge is 0.457 e. The van der Waals surface area contributed by atoms with Crippen LogP contribution in [0.25, 0.3) is 6.08 Å². The van der Waals surface area contributed by atoms with Crippen molar-refractivity contribution in [3.8, 4) is 11.5 Å². The number of hydrogen-bond acceptors (Lipinski definition) is 3.